The normalized spacial score (nSPS) is 33.4. The number of hydrazone groups is 1. The highest BCUT2D eigenvalue weighted by Gasteiger charge is 2.54. The van der Waals surface area contributed by atoms with Crippen molar-refractivity contribution in [2.75, 3.05) is 0 Å². The molecule has 0 spiro atoms. The highest BCUT2D eigenvalue weighted by atomic mass is 16.2. The molecule has 4 fully saturated rings. The molecule has 5 rings (SSSR count). The van der Waals surface area contributed by atoms with Crippen LogP contribution in [0.25, 0.3) is 0 Å². The Morgan fingerprint density at radius 2 is 1.50 bits per heavy atom. The molecule has 0 aromatic heterocycles. The van der Waals surface area contributed by atoms with Crippen LogP contribution in [0.1, 0.15) is 77.3 Å². The first-order chi connectivity index (χ1) is 12.2. The van der Waals surface area contributed by atoms with Gasteiger partial charge in [-0.1, -0.05) is 45.0 Å². The summed E-state index contributed by atoms with van der Waals surface area (Å²) in [5.41, 5.74) is 6.21. The fourth-order valence-corrected chi connectivity index (χ4v) is 5.92. The summed E-state index contributed by atoms with van der Waals surface area (Å²) < 4.78 is 0. The van der Waals surface area contributed by atoms with E-state index in [0.717, 1.165) is 48.3 Å². The lowest BCUT2D eigenvalue weighted by molar-refractivity contribution is -0.146. The summed E-state index contributed by atoms with van der Waals surface area (Å²) in [6, 6.07) is 8.54. The molecule has 4 bridgehead atoms. The number of hydrogen-bond donors (Lipinski definition) is 1. The van der Waals surface area contributed by atoms with Gasteiger partial charge in [0.2, 0.25) is 5.91 Å². The number of hydrogen-bond acceptors (Lipinski definition) is 2. The van der Waals surface area contributed by atoms with Crippen molar-refractivity contribution in [3.63, 3.8) is 0 Å². The molecule has 0 heterocycles. The van der Waals surface area contributed by atoms with Gasteiger partial charge in [-0.15, -0.1) is 0 Å². The summed E-state index contributed by atoms with van der Waals surface area (Å²) in [6.07, 6.45) is 7.32. The van der Waals surface area contributed by atoms with Crippen LogP contribution in [-0.2, 0) is 10.2 Å². The average molecular weight is 353 g/mol. The smallest absolute Gasteiger partial charge is 0.246 e. The molecule has 1 N–H and O–H groups in total. The minimum Gasteiger partial charge on any atom is -0.273 e. The first kappa shape index (κ1) is 17.8. The van der Waals surface area contributed by atoms with E-state index in [0.29, 0.717) is 0 Å². The Balaban J connectivity index is 1.45. The predicted octanol–water partition coefficient (Wildman–Crippen LogP) is 5.04. The van der Waals surface area contributed by atoms with E-state index < -0.39 is 0 Å². The number of rotatable bonds is 3. The van der Waals surface area contributed by atoms with Gasteiger partial charge in [0.1, 0.15) is 0 Å². The number of amides is 1. The molecule has 0 aliphatic heterocycles. The van der Waals surface area contributed by atoms with E-state index in [1.165, 1.54) is 24.8 Å². The molecule has 140 valence electrons. The third-order valence-corrected chi connectivity index (χ3v) is 7.01. The maximum atomic E-state index is 13.0. The van der Waals surface area contributed by atoms with Crippen molar-refractivity contribution in [2.24, 2.45) is 28.3 Å². The van der Waals surface area contributed by atoms with Crippen LogP contribution in [0.15, 0.2) is 29.4 Å². The summed E-state index contributed by atoms with van der Waals surface area (Å²) in [4.78, 5) is 13.0. The van der Waals surface area contributed by atoms with E-state index in [1.807, 2.05) is 6.92 Å². The highest BCUT2D eigenvalue weighted by molar-refractivity contribution is 5.99. The fourth-order valence-electron chi connectivity index (χ4n) is 5.92. The Hall–Kier alpha value is -1.64. The van der Waals surface area contributed by atoms with Gasteiger partial charge >= 0.3 is 0 Å². The van der Waals surface area contributed by atoms with Crippen LogP contribution in [-0.4, -0.2) is 11.6 Å². The zero-order valence-corrected chi connectivity index (χ0v) is 16.6. The topological polar surface area (TPSA) is 41.5 Å². The van der Waals surface area contributed by atoms with Crippen molar-refractivity contribution in [2.45, 2.75) is 71.6 Å². The molecule has 3 nitrogen and oxygen atoms in total. The van der Waals surface area contributed by atoms with Crippen LogP contribution in [0.4, 0.5) is 0 Å². The van der Waals surface area contributed by atoms with E-state index in [4.69, 9.17) is 0 Å². The molecule has 4 aliphatic rings. The Bertz CT molecular complexity index is 688. The Morgan fingerprint density at radius 3 is 1.96 bits per heavy atom. The van der Waals surface area contributed by atoms with Crippen molar-refractivity contribution >= 4 is 11.6 Å². The third kappa shape index (κ3) is 3.21. The molecule has 3 heteroatoms. The van der Waals surface area contributed by atoms with E-state index in [1.54, 1.807) is 0 Å². The minimum atomic E-state index is -0.130. The summed E-state index contributed by atoms with van der Waals surface area (Å²) in [5.74, 6) is 2.51. The van der Waals surface area contributed by atoms with Gasteiger partial charge in [-0.3, -0.25) is 4.79 Å². The summed E-state index contributed by atoms with van der Waals surface area (Å²) in [6.45, 7) is 8.63. The number of nitrogens with zero attached hydrogens (tertiary/aromatic N) is 1. The van der Waals surface area contributed by atoms with Gasteiger partial charge < -0.3 is 0 Å². The molecule has 0 atom stereocenters. The zero-order chi connectivity index (χ0) is 18.5. The molecule has 0 unspecified atom stereocenters. The van der Waals surface area contributed by atoms with Crippen LogP contribution >= 0.6 is 0 Å². The predicted molar refractivity (Wildman–Crippen MR) is 106 cm³/mol. The zero-order valence-electron chi connectivity index (χ0n) is 16.6. The van der Waals surface area contributed by atoms with Crippen LogP contribution in [0.2, 0.25) is 0 Å². The second-order valence-electron chi connectivity index (χ2n) is 10.2. The third-order valence-electron chi connectivity index (χ3n) is 7.01. The molecule has 1 aromatic carbocycles. The molecule has 0 saturated heterocycles. The number of carbonyl (C=O) groups excluding carboxylic acids is 1. The monoisotopic (exact) mass is 352 g/mol. The molecule has 26 heavy (non-hydrogen) atoms. The Morgan fingerprint density at radius 1 is 1.00 bits per heavy atom. The quantitative estimate of drug-likeness (QED) is 0.601. The molecule has 4 saturated carbocycles. The average Bonchev–Trinajstić information content (AvgIpc) is 2.57. The van der Waals surface area contributed by atoms with Crippen LogP contribution in [0.3, 0.4) is 0 Å². The minimum absolute atomic E-state index is 0.130. The molecular formula is C23H32N2O. The van der Waals surface area contributed by atoms with E-state index >= 15 is 0 Å². The lowest BCUT2D eigenvalue weighted by Crippen LogP contribution is -2.52. The molecule has 4 aliphatic carbocycles. The van der Waals surface area contributed by atoms with Crippen molar-refractivity contribution in [1.82, 2.24) is 5.43 Å². The number of carbonyl (C=O) groups is 1. The summed E-state index contributed by atoms with van der Waals surface area (Å²) >= 11 is 0. The van der Waals surface area contributed by atoms with Crippen molar-refractivity contribution in [1.29, 1.82) is 0 Å². The standard InChI is InChI=1S/C23H32N2O/c1-15(19-5-7-20(8-6-19)22(2,3)4)24-25-21(26)23-12-16-9-17(13-23)11-18(10-16)14-23/h5-8,16-18H,9-14H2,1-4H3,(H,25,26)/b24-15-. The lowest BCUT2D eigenvalue weighted by Gasteiger charge is -2.55. The van der Waals surface area contributed by atoms with Gasteiger partial charge in [-0.2, -0.15) is 5.10 Å². The van der Waals surface area contributed by atoms with Gasteiger partial charge in [-0.05, 0) is 79.7 Å². The van der Waals surface area contributed by atoms with E-state index in [2.05, 4.69) is 55.6 Å². The van der Waals surface area contributed by atoms with E-state index in [9.17, 15) is 4.79 Å². The number of nitrogens with one attached hydrogen (secondary N) is 1. The largest absolute Gasteiger partial charge is 0.273 e. The van der Waals surface area contributed by atoms with Crippen molar-refractivity contribution < 1.29 is 4.79 Å². The maximum Gasteiger partial charge on any atom is 0.246 e. The maximum absolute atomic E-state index is 13.0. The van der Waals surface area contributed by atoms with Crippen molar-refractivity contribution in [3.05, 3.63) is 35.4 Å². The summed E-state index contributed by atoms with van der Waals surface area (Å²) in [7, 11) is 0. The Labute approximate surface area is 157 Å². The van der Waals surface area contributed by atoms with Crippen molar-refractivity contribution in [3.8, 4) is 0 Å². The fraction of sp³-hybridized carbons (Fsp3) is 0.652. The van der Waals surface area contributed by atoms with Crippen LogP contribution < -0.4 is 5.43 Å². The highest BCUT2D eigenvalue weighted by Crippen LogP contribution is 2.60. The SMILES string of the molecule is C/C(=N/NC(=O)C12CC3CC(CC(C3)C1)C2)c1ccc(C(C)(C)C)cc1. The Kier molecular flexibility index (Phi) is 4.24. The van der Waals surface area contributed by atoms with Crippen LogP contribution in [0, 0.1) is 23.2 Å². The lowest BCUT2D eigenvalue weighted by atomic mass is 9.49. The molecule has 1 amide bonds. The molecule has 1 aromatic rings. The second kappa shape index (κ2) is 6.21. The van der Waals surface area contributed by atoms with E-state index in [-0.39, 0.29) is 16.7 Å². The second-order valence-corrected chi connectivity index (χ2v) is 10.2. The van der Waals surface area contributed by atoms with Gasteiger partial charge in [0, 0.05) is 0 Å². The first-order valence-corrected chi connectivity index (χ1v) is 10.2. The van der Waals surface area contributed by atoms with Gasteiger partial charge in [0.15, 0.2) is 0 Å². The molecule has 0 radical (unpaired) electrons. The van der Waals surface area contributed by atoms with Gasteiger partial charge in [0.05, 0.1) is 11.1 Å². The summed E-state index contributed by atoms with van der Waals surface area (Å²) in [5, 5.41) is 4.46. The van der Waals surface area contributed by atoms with Gasteiger partial charge in [0.25, 0.3) is 0 Å². The first-order valence-electron chi connectivity index (χ1n) is 10.2. The molecular weight excluding hydrogens is 320 g/mol. The van der Waals surface area contributed by atoms with Gasteiger partial charge in [-0.25, -0.2) is 5.43 Å². The van der Waals surface area contributed by atoms with Crippen LogP contribution in [0.5, 0.6) is 0 Å². The number of benzene rings is 1.